The van der Waals surface area contributed by atoms with E-state index in [9.17, 15) is 22.2 Å². The zero-order valence-corrected chi connectivity index (χ0v) is 15.2. The molecule has 2 aromatic heterocycles. The van der Waals surface area contributed by atoms with Crippen molar-refractivity contribution in [1.82, 2.24) is 10.3 Å². The summed E-state index contributed by atoms with van der Waals surface area (Å²) >= 11 is 4.91. The number of pyridine rings is 1. The maximum atomic E-state index is 12.8. The minimum absolute atomic E-state index is 0.00476. The molecular weight excluding hydrogens is 391 g/mol. The molecule has 26 heavy (non-hydrogen) atoms. The van der Waals surface area contributed by atoms with E-state index in [1.807, 2.05) is 0 Å². The lowest BCUT2D eigenvalue weighted by Crippen LogP contribution is -2.28. The second kappa shape index (κ2) is 7.54. The van der Waals surface area contributed by atoms with Crippen LogP contribution in [0.25, 0.3) is 0 Å². The van der Waals surface area contributed by atoms with Gasteiger partial charge >= 0.3 is 6.18 Å². The highest BCUT2D eigenvalue weighted by Crippen LogP contribution is 2.29. The number of rotatable bonds is 3. The molecule has 140 valence electrons. The van der Waals surface area contributed by atoms with Crippen molar-refractivity contribution in [1.29, 1.82) is 0 Å². The van der Waals surface area contributed by atoms with Crippen molar-refractivity contribution in [2.45, 2.75) is 18.3 Å². The van der Waals surface area contributed by atoms with E-state index in [4.69, 9.17) is 16.6 Å². The van der Waals surface area contributed by atoms with Crippen molar-refractivity contribution in [2.75, 3.05) is 6.26 Å². The molecule has 11 heteroatoms. The first-order chi connectivity index (χ1) is 12.0. The van der Waals surface area contributed by atoms with Gasteiger partial charge in [-0.05, 0) is 42.9 Å². The van der Waals surface area contributed by atoms with E-state index in [1.54, 1.807) is 0 Å². The number of furan rings is 1. The number of carbonyl (C=O) groups is 1. The number of nitrogens with one attached hydrogen (secondary N) is 1. The molecule has 0 aliphatic heterocycles. The van der Waals surface area contributed by atoms with Gasteiger partial charge in [0, 0.05) is 12.5 Å². The fourth-order valence-corrected chi connectivity index (χ4v) is 3.61. The van der Waals surface area contributed by atoms with E-state index in [-0.39, 0.29) is 10.9 Å². The molecule has 2 rings (SSSR count). The number of thiocarbonyl (C=S) groups is 1. The quantitative estimate of drug-likeness (QED) is 0.790. The molecule has 0 saturated carbocycles. The lowest BCUT2D eigenvalue weighted by Gasteiger charge is -2.15. The smallest absolute Gasteiger partial charge is 0.433 e. The minimum Gasteiger partial charge on any atom is -0.459 e. The Morgan fingerprint density at radius 3 is 2.58 bits per heavy atom. The fourth-order valence-electron chi connectivity index (χ4n) is 1.90. The molecule has 2 heterocycles. The Labute approximate surface area is 153 Å². The van der Waals surface area contributed by atoms with Crippen LogP contribution in [0, 0.1) is 0 Å². The second-order valence-electron chi connectivity index (χ2n) is 5.31. The number of amides is 1. The highest BCUT2D eigenvalue weighted by Gasteiger charge is 2.32. The van der Waals surface area contributed by atoms with Crippen LogP contribution in [0.5, 0.6) is 0 Å². The molecule has 6 nitrogen and oxygen atoms in total. The van der Waals surface area contributed by atoms with Crippen LogP contribution in [-0.2, 0) is 15.9 Å². The lowest BCUT2D eigenvalue weighted by atomic mass is 10.2. The molecule has 0 spiro atoms. The maximum Gasteiger partial charge on any atom is 0.433 e. The van der Waals surface area contributed by atoms with E-state index in [0.29, 0.717) is 5.56 Å². The Balaban J connectivity index is 2.17. The van der Waals surface area contributed by atoms with Crippen LogP contribution in [-0.4, -0.2) is 26.5 Å². The molecule has 0 radical (unpaired) electrons. The molecule has 2 aromatic rings. The van der Waals surface area contributed by atoms with Crippen molar-refractivity contribution in [3.63, 3.8) is 0 Å². The molecule has 0 aromatic carbocycles. The summed E-state index contributed by atoms with van der Waals surface area (Å²) in [6, 6.07) is 4.91. The summed E-state index contributed by atoms with van der Waals surface area (Å²) in [5.41, 5.74) is -0.747. The van der Waals surface area contributed by atoms with Crippen LogP contribution in [0.1, 0.15) is 34.0 Å². The van der Waals surface area contributed by atoms with E-state index in [2.05, 4.69) is 14.7 Å². The molecule has 1 N–H and O–H groups in total. The molecule has 0 saturated heterocycles. The van der Waals surface area contributed by atoms with E-state index < -0.39 is 32.8 Å². The number of carbonyl (C=O) groups excluding carboxylic acids is 1. The highest BCUT2D eigenvalue weighted by molar-refractivity contribution is 7.94. The third kappa shape index (κ3) is 4.88. The standard InChI is InChI=1S/C15H14F3N3O3S2/c1-9(10-5-6-12(19-8-10)15(16,17)18)26(2,23)21-14(25)20-13(22)11-4-3-7-24-11/h3-9H,1-2H3,(H,20,22,25). The first-order valence-corrected chi connectivity index (χ1v) is 9.53. The Hall–Kier alpha value is -2.27. The summed E-state index contributed by atoms with van der Waals surface area (Å²) in [7, 11) is -3.01. The van der Waals surface area contributed by atoms with Gasteiger partial charge in [-0.3, -0.25) is 15.1 Å². The average Bonchev–Trinajstić information content (AvgIpc) is 3.07. The van der Waals surface area contributed by atoms with Crippen LogP contribution >= 0.6 is 12.2 Å². The van der Waals surface area contributed by atoms with Crippen molar-refractivity contribution in [3.05, 3.63) is 53.7 Å². The highest BCUT2D eigenvalue weighted by atomic mass is 32.2. The van der Waals surface area contributed by atoms with Gasteiger partial charge in [0.2, 0.25) is 5.11 Å². The predicted octanol–water partition coefficient (Wildman–Crippen LogP) is 3.57. The third-order valence-corrected chi connectivity index (χ3v) is 5.87. The average molecular weight is 405 g/mol. The van der Waals surface area contributed by atoms with Crippen LogP contribution in [0.2, 0.25) is 0 Å². The summed E-state index contributed by atoms with van der Waals surface area (Å²) in [5, 5.41) is 1.18. The summed E-state index contributed by atoms with van der Waals surface area (Å²) in [6.07, 6.45) is -0.966. The van der Waals surface area contributed by atoms with Crippen molar-refractivity contribution >= 4 is 33.0 Å². The number of hydrogen-bond acceptors (Lipinski definition) is 5. The Bertz CT molecular complexity index is 916. The van der Waals surface area contributed by atoms with Crippen LogP contribution in [0.15, 0.2) is 45.5 Å². The zero-order valence-electron chi connectivity index (χ0n) is 13.6. The summed E-state index contributed by atoms with van der Waals surface area (Å²) in [5.74, 6) is -0.645. The van der Waals surface area contributed by atoms with Gasteiger partial charge in [-0.2, -0.15) is 17.5 Å². The molecule has 0 aliphatic rings. The number of nitrogens with zero attached hydrogens (tertiary/aromatic N) is 2. The van der Waals surface area contributed by atoms with Crippen molar-refractivity contribution in [3.8, 4) is 0 Å². The molecule has 0 fully saturated rings. The molecular formula is C15H14F3N3O3S2. The summed E-state index contributed by atoms with van der Waals surface area (Å²) in [6.45, 7) is 1.52. The monoisotopic (exact) mass is 405 g/mol. The van der Waals surface area contributed by atoms with Gasteiger partial charge in [-0.1, -0.05) is 6.07 Å². The van der Waals surface area contributed by atoms with Gasteiger partial charge in [0.25, 0.3) is 5.91 Å². The molecule has 0 aliphatic carbocycles. The summed E-state index contributed by atoms with van der Waals surface area (Å²) in [4.78, 5) is 15.2. The summed E-state index contributed by atoms with van der Waals surface area (Å²) < 4.78 is 59.2. The van der Waals surface area contributed by atoms with Crippen LogP contribution < -0.4 is 5.32 Å². The largest absolute Gasteiger partial charge is 0.459 e. The van der Waals surface area contributed by atoms with Gasteiger partial charge in [-0.15, -0.1) is 0 Å². The van der Waals surface area contributed by atoms with Crippen LogP contribution in [0.3, 0.4) is 0 Å². The van der Waals surface area contributed by atoms with E-state index in [0.717, 1.165) is 12.3 Å². The predicted molar refractivity (Wildman–Crippen MR) is 92.9 cm³/mol. The first kappa shape index (κ1) is 20.0. The van der Waals surface area contributed by atoms with Crippen molar-refractivity contribution < 1.29 is 26.6 Å². The SMILES string of the molecule is CC(c1ccc(C(F)(F)F)nc1)S(C)(=O)=NC(=S)NC(=O)c1ccco1. The number of aromatic nitrogens is 1. The minimum atomic E-state index is -4.56. The molecule has 1 amide bonds. The normalized spacial score (nSPS) is 15.0. The number of halogens is 3. The lowest BCUT2D eigenvalue weighted by molar-refractivity contribution is -0.141. The molecule has 2 atom stereocenters. The van der Waals surface area contributed by atoms with Gasteiger partial charge in [0.1, 0.15) is 5.69 Å². The number of hydrogen-bond donors (Lipinski definition) is 1. The van der Waals surface area contributed by atoms with Gasteiger partial charge in [0.15, 0.2) is 5.76 Å². The van der Waals surface area contributed by atoms with E-state index >= 15 is 0 Å². The Morgan fingerprint density at radius 2 is 2.08 bits per heavy atom. The van der Waals surface area contributed by atoms with Crippen LogP contribution in [0.4, 0.5) is 13.2 Å². The Morgan fingerprint density at radius 1 is 1.38 bits per heavy atom. The van der Waals surface area contributed by atoms with Gasteiger partial charge in [0.05, 0.1) is 21.2 Å². The number of alkyl halides is 3. The Kier molecular flexibility index (Phi) is 5.81. The second-order valence-corrected chi connectivity index (χ2v) is 8.30. The zero-order chi connectivity index (χ0) is 19.5. The molecule has 2 unspecified atom stereocenters. The van der Waals surface area contributed by atoms with E-state index in [1.165, 1.54) is 37.6 Å². The van der Waals surface area contributed by atoms with Gasteiger partial charge in [-0.25, -0.2) is 4.21 Å². The maximum absolute atomic E-state index is 12.8. The first-order valence-electron chi connectivity index (χ1n) is 7.13. The van der Waals surface area contributed by atoms with Crippen molar-refractivity contribution in [2.24, 2.45) is 4.36 Å². The van der Waals surface area contributed by atoms with Gasteiger partial charge < -0.3 is 4.42 Å². The third-order valence-electron chi connectivity index (χ3n) is 3.43. The topological polar surface area (TPSA) is 84.6 Å². The molecule has 0 bridgehead atoms. The fraction of sp³-hybridized carbons (Fsp3) is 0.267.